The van der Waals surface area contributed by atoms with Gasteiger partial charge in [0.15, 0.2) is 0 Å². The van der Waals surface area contributed by atoms with Crippen molar-refractivity contribution in [2.45, 2.75) is 20.3 Å². The predicted molar refractivity (Wildman–Crippen MR) is 78.8 cm³/mol. The number of likely N-dealkylation sites (N-methyl/N-ethyl adjacent to an activating group) is 1. The van der Waals surface area contributed by atoms with Crippen molar-refractivity contribution in [3.8, 4) is 0 Å². The maximum absolute atomic E-state index is 12.0. The summed E-state index contributed by atoms with van der Waals surface area (Å²) in [7, 11) is 0. The molecule has 0 saturated heterocycles. The van der Waals surface area contributed by atoms with E-state index in [4.69, 9.17) is 0 Å². The smallest absolute Gasteiger partial charge is 0.251 e. The highest BCUT2D eigenvalue weighted by Gasteiger charge is 2.13. The van der Waals surface area contributed by atoms with Gasteiger partial charge >= 0.3 is 0 Å². The Bertz CT molecular complexity index is 441. The molecule has 0 aliphatic carbocycles. The Hall–Kier alpha value is -1.55. The van der Waals surface area contributed by atoms with Gasteiger partial charge in [0.1, 0.15) is 0 Å². The van der Waals surface area contributed by atoms with Gasteiger partial charge in [-0.05, 0) is 37.2 Å². The molecule has 1 aliphatic heterocycles. The van der Waals surface area contributed by atoms with Gasteiger partial charge in [0, 0.05) is 30.9 Å². The van der Waals surface area contributed by atoms with Crippen LogP contribution in [-0.2, 0) is 6.42 Å². The van der Waals surface area contributed by atoms with Crippen LogP contribution in [0.5, 0.6) is 0 Å². The van der Waals surface area contributed by atoms with Crippen LogP contribution in [0, 0.1) is 0 Å². The Morgan fingerprint density at radius 3 is 2.89 bits per heavy atom. The molecular weight excluding hydrogens is 238 g/mol. The van der Waals surface area contributed by atoms with Gasteiger partial charge in [-0.1, -0.05) is 19.9 Å². The van der Waals surface area contributed by atoms with Gasteiger partial charge in [-0.3, -0.25) is 4.79 Å². The van der Waals surface area contributed by atoms with Crippen LogP contribution in [0.4, 0.5) is 5.69 Å². The molecule has 0 atom stereocenters. The van der Waals surface area contributed by atoms with Crippen LogP contribution in [0.3, 0.4) is 0 Å². The number of nitrogens with one attached hydrogen (secondary N) is 2. The standard InChI is InChI=1S/C15H23N3O/c1-3-18(4-2)10-9-17-15(19)13-6-5-12-7-8-16-14(12)11-13/h5-6,11,16H,3-4,7-10H2,1-2H3,(H,17,19). The van der Waals surface area contributed by atoms with Gasteiger partial charge in [-0.2, -0.15) is 0 Å². The maximum atomic E-state index is 12.0. The molecule has 4 heteroatoms. The molecule has 2 rings (SSSR count). The third-order valence-electron chi connectivity index (χ3n) is 3.69. The van der Waals surface area contributed by atoms with Gasteiger partial charge < -0.3 is 15.5 Å². The van der Waals surface area contributed by atoms with Gasteiger partial charge in [0.2, 0.25) is 0 Å². The molecule has 0 aromatic heterocycles. The van der Waals surface area contributed by atoms with Gasteiger partial charge in [-0.25, -0.2) is 0 Å². The monoisotopic (exact) mass is 261 g/mol. The van der Waals surface area contributed by atoms with E-state index < -0.39 is 0 Å². The molecule has 2 N–H and O–H groups in total. The molecule has 0 saturated carbocycles. The lowest BCUT2D eigenvalue weighted by atomic mass is 10.1. The minimum absolute atomic E-state index is 0.0173. The highest BCUT2D eigenvalue weighted by atomic mass is 16.1. The number of hydrogen-bond acceptors (Lipinski definition) is 3. The first-order valence-corrected chi connectivity index (χ1v) is 7.12. The summed E-state index contributed by atoms with van der Waals surface area (Å²) >= 11 is 0. The predicted octanol–water partition coefficient (Wildman–Crippen LogP) is 1.73. The molecular formula is C15H23N3O. The average molecular weight is 261 g/mol. The fourth-order valence-electron chi connectivity index (χ4n) is 2.40. The number of fused-ring (bicyclic) bond motifs is 1. The van der Waals surface area contributed by atoms with E-state index in [1.54, 1.807) is 0 Å². The van der Waals surface area contributed by atoms with Crippen molar-refractivity contribution in [2.24, 2.45) is 0 Å². The van der Waals surface area contributed by atoms with E-state index in [0.717, 1.165) is 43.9 Å². The van der Waals surface area contributed by atoms with Crippen LogP contribution in [-0.4, -0.2) is 43.5 Å². The molecule has 0 bridgehead atoms. The van der Waals surface area contributed by atoms with Crippen LogP contribution in [0.2, 0.25) is 0 Å². The van der Waals surface area contributed by atoms with Crippen molar-refractivity contribution in [1.29, 1.82) is 0 Å². The molecule has 1 heterocycles. The molecule has 1 aromatic carbocycles. The molecule has 1 amide bonds. The van der Waals surface area contributed by atoms with Crippen molar-refractivity contribution in [1.82, 2.24) is 10.2 Å². The zero-order valence-electron chi connectivity index (χ0n) is 11.8. The third kappa shape index (κ3) is 3.47. The van der Waals surface area contributed by atoms with Crippen LogP contribution < -0.4 is 10.6 Å². The highest BCUT2D eigenvalue weighted by Crippen LogP contribution is 2.22. The van der Waals surface area contributed by atoms with E-state index in [9.17, 15) is 4.79 Å². The maximum Gasteiger partial charge on any atom is 0.251 e. The lowest BCUT2D eigenvalue weighted by Gasteiger charge is -2.18. The van der Waals surface area contributed by atoms with E-state index in [-0.39, 0.29) is 5.91 Å². The minimum Gasteiger partial charge on any atom is -0.384 e. The zero-order chi connectivity index (χ0) is 13.7. The molecule has 0 fully saturated rings. The van der Waals surface area contributed by atoms with Gasteiger partial charge in [0.25, 0.3) is 5.91 Å². The number of carbonyl (C=O) groups is 1. The summed E-state index contributed by atoms with van der Waals surface area (Å²) in [6, 6.07) is 5.92. The quantitative estimate of drug-likeness (QED) is 0.819. The number of nitrogens with zero attached hydrogens (tertiary/aromatic N) is 1. The Kier molecular flexibility index (Phi) is 4.80. The van der Waals surface area contributed by atoms with Gasteiger partial charge in [0.05, 0.1) is 0 Å². The summed E-state index contributed by atoms with van der Waals surface area (Å²) < 4.78 is 0. The fourth-order valence-corrected chi connectivity index (χ4v) is 2.40. The lowest BCUT2D eigenvalue weighted by Crippen LogP contribution is -2.34. The molecule has 19 heavy (non-hydrogen) atoms. The van der Waals surface area contributed by atoms with Crippen LogP contribution in [0.1, 0.15) is 29.8 Å². The number of carbonyl (C=O) groups excluding carboxylic acids is 1. The molecule has 4 nitrogen and oxygen atoms in total. The van der Waals surface area contributed by atoms with E-state index in [1.165, 1.54) is 5.56 Å². The number of rotatable bonds is 6. The van der Waals surface area contributed by atoms with E-state index in [1.807, 2.05) is 12.1 Å². The van der Waals surface area contributed by atoms with E-state index in [2.05, 4.69) is 35.4 Å². The van der Waals surface area contributed by atoms with Crippen molar-refractivity contribution >= 4 is 11.6 Å². The topological polar surface area (TPSA) is 44.4 Å². The summed E-state index contributed by atoms with van der Waals surface area (Å²) in [5.74, 6) is 0.0173. The first-order chi connectivity index (χ1) is 9.24. The molecule has 1 aromatic rings. The summed E-state index contributed by atoms with van der Waals surface area (Å²) in [4.78, 5) is 14.3. The lowest BCUT2D eigenvalue weighted by molar-refractivity contribution is 0.0949. The minimum atomic E-state index is 0.0173. The summed E-state index contributed by atoms with van der Waals surface area (Å²) in [6.45, 7) is 8.90. The van der Waals surface area contributed by atoms with Crippen LogP contribution >= 0.6 is 0 Å². The molecule has 1 aliphatic rings. The van der Waals surface area contributed by atoms with Crippen molar-refractivity contribution in [2.75, 3.05) is 38.0 Å². The molecule has 0 spiro atoms. The van der Waals surface area contributed by atoms with E-state index in [0.29, 0.717) is 6.54 Å². The van der Waals surface area contributed by atoms with Crippen molar-refractivity contribution in [3.63, 3.8) is 0 Å². The second-order valence-corrected chi connectivity index (χ2v) is 4.83. The highest BCUT2D eigenvalue weighted by molar-refractivity contribution is 5.95. The van der Waals surface area contributed by atoms with Crippen LogP contribution in [0.25, 0.3) is 0 Å². The Morgan fingerprint density at radius 1 is 1.37 bits per heavy atom. The first-order valence-electron chi connectivity index (χ1n) is 7.12. The summed E-state index contributed by atoms with van der Waals surface area (Å²) in [5, 5.41) is 6.28. The Labute approximate surface area is 115 Å². The normalized spacial score (nSPS) is 13.2. The number of anilines is 1. The van der Waals surface area contributed by atoms with Crippen LogP contribution in [0.15, 0.2) is 18.2 Å². The SMILES string of the molecule is CCN(CC)CCNC(=O)c1ccc2c(c1)NCC2. The fraction of sp³-hybridized carbons (Fsp3) is 0.533. The number of hydrogen-bond donors (Lipinski definition) is 2. The molecule has 0 radical (unpaired) electrons. The van der Waals surface area contributed by atoms with Crippen molar-refractivity contribution in [3.05, 3.63) is 29.3 Å². The largest absolute Gasteiger partial charge is 0.384 e. The van der Waals surface area contributed by atoms with Crippen molar-refractivity contribution < 1.29 is 4.79 Å². The zero-order valence-corrected chi connectivity index (χ0v) is 11.8. The molecule has 104 valence electrons. The summed E-state index contributed by atoms with van der Waals surface area (Å²) in [5.41, 5.74) is 3.16. The second kappa shape index (κ2) is 6.57. The Balaban J connectivity index is 1.86. The van der Waals surface area contributed by atoms with E-state index >= 15 is 0 Å². The number of benzene rings is 1. The summed E-state index contributed by atoms with van der Waals surface area (Å²) in [6.07, 6.45) is 1.05. The second-order valence-electron chi connectivity index (χ2n) is 4.83. The average Bonchev–Trinajstić information content (AvgIpc) is 2.90. The third-order valence-corrected chi connectivity index (χ3v) is 3.69. The Morgan fingerprint density at radius 2 is 2.16 bits per heavy atom. The first kappa shape index (κ1) is 13.9. The number of amides is 1. The molecule has 0 unspecified atom stereocenters. The van der Waals surface area contributed by atoms with Gasteiger partial charge in [-0.15, -0.1) is 0 Å².